The summed E-state index contributed by atoms with van der Waals surface area (Å²) in [5.41, 5.74) is 3.20. The van der Waals surface area contributed by atoms with Crippen LogP contribution >= 0.6 is 28.1 Å². The van der Waals surface area contributed by atoms with Crippen LogP contribution in [0, 0.1) is 5.82 Å². The predicted molar refractivity (Wildman–Crippen MR) is 151 cm³/mol. The van der Waals surface area contributed by atoms with Crippen LogP contribution in [0.2, 0.25) is 0 Å². The summed E-state index contributed by atoms with van der Waals surface area (Å²) in [4.78, 5) is 4.13. The Morgan fingerprint density at radius 3 is 2.24 bits per heavy atom. The number of sulfonamides is 1. The molecule has 4 aromatic rings. The van der Waals surface area contributed by atoms with Crippen LogP contribution in [0.1, 0.15) is 16.7 Å². The van der Waals surface area contributed by atoms with Crippen LogP contribution in [0.25, 0.3) is 0 Å². The summed E-state index contributed by atoms with van der Waals surface area (Å²) in [6.45, 7) is 0.787. The fraction of sp³-hybridized carbons (Fsp3) is 0.111. The molecule has 0 fully saturated rings. The van der Waals surface area contributed by atoms with Crippen molar-refractivity contribution in [1.82, 2.24) is 14.6 Å². The van der Waals surface area contributed by atoms with Crippen LogP contribution in [0.15, 0.2) is 107 Å². The second-order valence-electron chi connectivity index (χ2n) is 8.22. The Bertz CT molecular complexity index is 1450. The third-order valence-electron chi connectivity index (χ3n) is 5.47. The number of nitrogens with one attached hydrogen (secondary N) is 2. The van der Waals surface area contributed by atoms with Crippen molar-refractivity contribution in [2.75, 3.05) is 5.32 Å². The van der Waals surface area contributed by atoms with Crippen molar-refractivity contribution in [2.24, 2.45) is 0 Å². The van der Waals surface area contributed by atoms with Crippen molar-refractivity contribution in [2.45, 2.75) is 24.5 Å². The summed E-state index contributed by atoms with van der Waals surface area (Å²) in [5, 5.41) is 6.59. The van der Waals surface area contributed by atoms with Gasteiger partial charge in [0.1, 0.15) is 5.82 Å². The largest absolute Gasteiger partial charge is 0.358 e. The Morgan fingerprint density at radius 2 is 1.57 bits per heavy atom. The maximum atomic E-state index is 13.7. The maximum Gasteiger partial charge on any atom is 0.243 e. The van der Waals surface area contributed by atoms with Gasteiger partial charge in [0.2, 0.25) is 10.0 Å². The molecule has 4 rings (SSSR count). The molecule has 3 aromatic carbocycles. The number of benzene rings is 3. The highest BCUT2D eigenvalue weighted by Gasteiger charge is 2.25. The summed E-state index contributed by atoms with van der Waals surface area (Å²) < 4.78 is 43.0. The molecular weight excluding hydrogens is 575 g/mol. The van der Waals surface area contributed by atoms with Gasteiger partial charge in [-0.25, -0.2) is 12.8 Å². The minimum Gasteiger partial charge on any atom is -0.358 e. The molecule has 0 amide bonds. The Kier molecular flexibility index (Phi) is 8.99. The van der Waals surface area contributed by atoms with Crippen molar-refractivity contribution < 1.29 is 12.8 Å². The van der Waals surface area contributed by atoms with Gasteiger partial charge in [0.05, 0.1) is 4.90 Å². The molecular formula is C27H24BrFN4O2S2. The molecule has 190 valence electrons. The molecule has 0 spiro atoms. The van der Waals surface area contributed by atoms with Gasteiger partial charge in [-0.1, -0.05) is 40.2 Å². The lowest BCUT2D eigenvalue weighted by molar-refractivity contribution is 0.401. The maximum absolute atomic E-state index is 13.7. The molecule has 37 heavy (non-hydrogen) atoms. The lowest BCUT2D eigenvalue weighted by atomic mass is 10.2. The van der Waals surface area contributed by atoms with Crippen LogP contribution in [-0.4, -0.2) is 22.8 Å². The van der Waals surface area contributed by atoms with Gasteiger partial charge in [-0.15, -0.1) is 0 Å². The number of pyridine rings is 1. The van der Waals surface area contributed by atoms with Crippen molar-refractivity contribution in [3.05, 3.63) is 124 Å². The van der Waals surface area contributed by atoms with E-state index in [2.05, 4.69) is 31.5 Å². The van der Waals surface area contributed by atoms with E-state index in [1.807, 2.05) is 36.4 Å². The first-order chi connectivity index (χ1) is 17.8. The molecule has 6 nitrogen and oxygen atoms in total. The van der Waals surface area contributed by atoms with E-state index in [1.54, 1.807) is 48.8 Å². The Morgan fingerprint density at radius 1 is 0.892 bits per heavy atom. The second-order valence-corrected chi connectivity index (χ2v) is 11.5. The first-order valence-corrected chi connectivity index (χ1v) is 14.0. The van der Waals surface area contributed by atoms with E-state index in [-0.39, 0.29) is 23.8 Å². The zero-order valence-electron chi connectivity index (χ0n) is 19.6. The molecule has 0 atom stereocenters. The van der Waals surface area contributed by atoms with Crippen LogP contribution < -0.4 is 10.6 Å². The topological polar surface area (TPSA) is 74.3 Å². The highest BCUT2D eigenvalue weighted by molar-refractivity contribution is 9.10. The molecule has 0 aliphatic rings. The molecule has 2 N–H and O–H groups in total. The molecule has 0 bridgehead atoms. The minimum atomic E-state index is -3.87. The van der Waals surface area contributed by atoms with E-state index in [9.17, 15) is 12.8 Å². The summed E-state index contributed by atoms with van der Waals surface area (Å²) in [6, 6.07) is 23.5. The van der Waals surface area contributed by atoms with Gasteiger partial charge in [-0.2, -0.15) is 4.31 Å². The number of thiocarbonyl (C=S) groups is 1. The number of nitrogens with zero attached hydrogens (tertiary/aromatic N) is 2. The van der Waals surface area contributed by atoms with Gasteiger partial charge in [-0.3, -0.25) is 4.98 Å². The molecule has 0 saturated carbocycles. The summed E-state index contributed by atoms with van der Waals surface area (Å²) >= 11 is 8.79. The quantitative estimate of drug-likeness (QED) is 0.235. The van der Waals surface area contributed by atoms with Gasteiger partial charge in [0.25, 0.3) is 0 Å². The summed E-state index contributed by atoms with van der Waals surface area (Å²) in [7, 11) is -3.87. The number of halogens is 2. The minimum absolute atomic E-state index is 0.0954. The molecule has 0 radical (unpaired) electrons. The molecule has 10 heteroatoms. The van der Waals surface area contributed by atoms with Crippen molar-refractivity contribution >= 4 is 49.0 Å². The third kappa shape index (κ3) is 7.65. The van der Waals surface area contributed by atoms with Gasteiger partial charge in [-0.05, 0) is 89.6 Å². The van der Waals surface area contributed by atoms with Gasteiger partial charge in [0.15, 0.2) is 5.11 Å². The number of rotatable bonds is 9. The Balaban J connectivity index is 1.49. The van der Waals surface area contributed by atoms with Gasteiger partial charge >= 0.3 is 0 Å². The van der Waals surface area contributed by atoms with Crippen LogP contribution in [0.5, 0.6) is 0 Å². The van der Waals surface area contributed by atoms with Crippen LogP contribution in [0.4, 0.5) is 10.1 Å². The van der Waals surface area contributed by atoms with Crippen molar-refractivity contribution in [3.8, 4) is 0 Å². The smallest absolute Gasteiger partial charge is 0.243 e. The molecule has 1 aromatic heterocycles. The van der Waals surface area contributed by atoms with E-state index >= 15 is 0 Å². The fourth-order valence-corrected chi connectivity index (χ4v) is 5.63. The van der Waals surface area contributed by atoms with E-state index in [0.717, 1.165) is 15.6 Å². The van der Waals surface area contributed by atoms with Crippen molar-refractivity contribution in [1.29, 1.82) is 0 Å². The highest BCUT2D eigenvalue weighted by Crippen LogP contribution is 2.24. The highest BCUT2D eigenvalue weighted by atomic mass is 79.9. The van der Waals surface area contributed by atoms with Gasteiger partial charge in [0, 0.05) is 42.2 Å². The fourth-order valence-electron chi connectivity index (χ4n) is 3.58. The zero-order valence-corrected chi connectivity index (χ0v) is 22.9. The van der Waals surface area contributed by atoms with E-state index < -0.39 is 10.0 Å². The number of hydrogen-bond acceptors (Lipinski definition) is 4. The van der Waals surface area contributed by atoms with Crippen LogP contribution in [0.3, 0.4) is 0 Å². The summed E-state index contributed by atoms with van der Waals surface area (Å²) in [6.07, 6.45) is 3.42. The SMILES string of the molecule is O=S(=O)(c1ccc(NC(=S)NCc2ccncc2)cc1)N(Cc1ccc(F)cc1)Cc1cccc(Br)c1. The second kappa shape index (κ2) is 12.4. The lowest BCUT2D eigenvalue weighted by Gasteiger charge is -2.23. The molecule has 0 saturated heterocycles. The Hall–Kier alpha value is -3.18. The van der Waals surface area contributed by atoms with E-state index in [0.29, 0.717) is 22.9 Å². The number of anilines is 1. The molecule has 0 unspecified atom stereocenters. The monoisotopic (exact) mass is 598 g/mol. The van der Waals surface area contributed by atoms with Crippen molar-refractivity contribution in [3.63, 3.8) is 0 Å². The predicted octanol–water partition coefficient (Wildman–Crippen LogP) is 5.86. The van der Waals surface area contributed by atoms with E-state index in [1.165, 1.54) is 16.4 Å². The Labute approximate surface area is 229 Å². The van der Waals surface area contributed by atoms with Crippen LogP contribution in [-0.2, 0) is 29.7 Å². The number of aromatic nitrogens is 1. The first kappa shape index (κ1) is 26.9. The lowest BCUT2D eigenvalue weighted by Crippen LogP contribution is -2.30. The molecule has 0 aliphatic heterocycles. The third-order valence-corrected chi connectivity index (χ3v) is 8.02. The normalized spacial score (nSPS) is 11.3. The standard InChI is InChI=1S/C27H24BrFN4O2S2/c28-23-3-1-2-22(16-23)19-33(18-21-4-6-24(29)7-5-21)37(34,35)26-10-8-25(9-11-26)32-27(36)31-17-20-12-14-30-15-13-20/h1-16H,17-19H2,(H2,31,32,36). The molecule has 1 heterocycles. The van der Waals surface area contributed by atoms with Gasteiger partial charge < -0.3 is 10.6 Å². The molecule has 0 aliphatic carbocycles. The summed E-state index contributed by atoms with van der Waals surface area (Å²) in [5.74, 6) is -0.374. The number of hydrogen-bond donors (Lipinski definition) is 2. The average molecular weight is 600 g/mol. The van der Waals surface area contributed by atoms with E-state index in [4.69, 9.17) is 12.2 Å². The average Bonchev–Trinajstić information content (AvgIpc) is 2.89. The first-order valence-electron chi connectivity index (χ1n) is 11.3. The zero-order chi connectivity index (χ0) is 26.3.